The third-order valence-corrected chi connectivity index (χ3v) is 4.65. The highest BCUT2D eigenvalue weighted by Gasteiger charge is 2.58. The maximum absolute atomic E-state index is 12.2. The van der Waals surface area contributed by atoms with Crippen LogP contribution in [0, 0.1) is 11.3 Å². The van der Waals surface area contributed by atoms with Gasteiger partial charge in [-0.3, -0.25) is 4.79 Å². The monoisotopic (exact) mass is 246 g/mol. The van der Waals surface area contributed by atoms with Crippen molar-refractivity contribution < 1.29 is 14.6 Å². The number of carbonyl (C=O) groups is 1. The number of hydrogen-bond acceptors (Lipinski definition) is 3. The van der Waals surface area contributed by atoms with Crippen molar-refractivity contribution in [1.82, 2.24) is 0 Å². The van der Waals surface area contributed by atoms with Crippen LogP contribution >= 0.6 is 0 Å². The van der Waals surface area contributed by atoms with Gasteiger partial charge in [0.15, 0.2) is 0 Å². The van der Waals surface area contributed by atoms with E-state index >= 15 is 0 Å². The largest absolute Gasteiger partial charge is 0.465 e. The van der Waals surface area contributed by atoms with Gasteiger partial charge >= 0.3 is 5.97 Å². The molecule has 1 aliphatic carbocycles. The molecular formula is C15H18O3. The fourth-order valence-corrected chi connectivity index (χ4v) is 3.67. The third kappa shape index (κ3) is 1.50. The molecule has 0 spiro atoms. The van der Waals surface area contributed by atoms with E-state index in [9.17, 15) is 9.90 Å². The summed E-state index contributed by atoms with van der Waals surface area (Å²) in [5.41, 5.74) is 0.453. The maximum atomic E-state index is 12.2. The van der Waals surface area contributed by atoms with Gasteiger partial charge in [0.1, 0.15) is 5.41 Å². The Morgan fingerprint density at radius 2 is 2.06 bits per heavy atom. The van der Waals surface area contributed by atoms with Gasteiger partial charge in [-0.05, 0) is 18.4 Å². The van der Waals surface area contributed by atoms with E-state index in [1.54, 1.807) is 0 Å². The number of hydrogen-bond donors (Lipinski definition) is 1. The van der Waals surface area contributed by atoms with Crippen molar-refractivity contribution in [3.63, 3.8) is 0 Å². The molecule has 0 aromatic heterocycles. The molecule has 1 aromatic carbocycles. The molecule has 1 N–H and O–H groups in total. The molecule has 0 amide bonds. The van der Waals surface area contributed by atoms with E-state index in [-0.39, 0.29) is 24.4 Å². The molecule has 3 atom stereocenters. The van der Waals surface area contributed by atoms with E-state index in [0.29, 0.717) is 6.61 Å². The summed E-state index contributed by atoms with van der Waals surface area (Å²) in [5, 5.41) is 9.85. The van der Waals surface area contributed by atoms with Crippen molar-refractivity contribution in [2.24, 2.45) is 11.3 Å². The summed E-state index contributed by atoms with van der Waals surface area (Å²) in [6.07, 6.45) is 3.04. The third-order valence-electron chi connectivity index (χ3n) is 4.65. The number of aliphatic hydroxyl groups is 1. The van der Waals surface area contributed by atoms with Gasteiger partial charge in [-0.1, -0.05) is 36.8 Å². The van der Waals surface area contributed by atoms with Crippen LogP contribution in [0.15, 0.2) is 30.3 Å². The lowest BCUT2D eigenvalue weighted by atomic mass is 9.60. The summed E-state index contributed by atoms with van der Waals surface area (Å²) >= 11 is 0. The highest BCUT2D eigenvalue weighted by atomic mass is 16.5. The highest BCUT2D eigenvalue weighted by molar-refractivity contribution is 5.81. The first kappa shape index (κ1) is 11.7. The van der Waals surface area contributed by atoms with Crippen LogP contribution in [0.2, 0.25) is 0 Å². The van der Waals surface area contributed by atoms with Crippen LogP contribution in [0.1, 0.15) is 30.7 Å². The van der Waals surface area contributed by atoms with E-state index < -0.39 is 5.41 Å². The number of ether oxygens (including phenoxy) is 1. The molecule has 1 aliphatic heterocycles. The first-order chi connectivity index (χ1) is 8.79. The van der Waals surface area contributed by atoms with Gasteiger partial charge in [-0.25, -0.2) is 0 Å². The molecule has 0 radical (unpaired) electrons. The standard InChI is InChI=1S/C15H18O3/c16-10-15-12(9-18-14(15)17)7-4-8-13(15)11-5-2-1-3-6-11/h1-3,5-6,12-13,16H,4,7-10H2/t12-,13-,15+/m0/s1. The van der Waals surface area contributed by atoms with Crippen LogP contribution in [0.5, 0.6) is 0 Å². The molecule has 3 rings (SSSR count). The SMILES string of the molecule is O=C1OC[C@@H]2CCC[C@@H](c3ccccc3)[C@]12CO. The predicted octanol–water partition coefficient (Wildman–Crippen LogP) is 2.11. The van der Waals surface area contributed by atoms with Crippen LogP contribution < -0.4 is 0 Å². The summed E-state index contributed by atoms with van der Waals surface area (Å²) in [6.45, 7) is 0.374. The predicted molar refractivity (Wildman–Crippen MR) is 67.0 cm³/mol. The molecule has 0 unspecified atom stereocenters. The summed E-state index contributed by atoms with van der Waals surface area (Å²) in [7, 11) is 0. The van der Waals surface area contributed by atoms with Crippen LogP contribution in [0.25, 0.3) is 0 Å². The number of esters is 1. The lowest BCUT2D eigenvalue weighted by molar-refractivity contribution is -0.151. The van der Waals surface area contributed by atoms with Crippen LogP contribution in [0.3, 0.4) is 0 Å². The second-order valence-electron chi connectivity index (χ2n) is 5.39. The fraction of sp³-hybridized carbons (Fsp3) is 0.533. The minimum absolute atomic E-state index is 0.0949. The van der Waals surface area contributed by atoms with Gasteiger partial charge in [0.25, 0.3) is 0 Å². The topological polar surface area (TPSA) is 46.5 Å². The van der Waals surface area contributed by atoms with Crippen molar-refractivity contribution in [3.8, 4) is 0 Å². The Labute approximate surface area is 107 Å². The Hall–Kier alpha value is -1.35. The van der Waals surface area contributed by atoms with Gasteiger partial charge in [0, 0.05) is 11.8 Å². The Bertz CT molecular complexity index is 442. The van der Waals surface area contributed by atoms with Gasteiger partial charge in [0.2, 0.25) is 0 Å². The minimum Gasteiger partial charge on any atom is -0.465 e. The first-order valence-corrected chi connectivity index (χ1v) is 6.62. The van der Waals surface area contributed by atoms with E-state index in [1.165, 1.54) is 0 Å². The van der Waals surface area contributed by atoms with Crippen LogP contribution in [0.4, 0.5) is 0 Å². The zero-order chi connectivity index (χ0) is 12.6. The molecule has 0 bridgehead atoms. The van der Waals surface area contributed by atoms with Gasteiger partial charge in [-0.15, -0.1) is 0 Å². The quantitative estimate of drug-likeness (QED) is 0.813. The van der Waals surface area contributed by atoms with Crippen molar-refractivity contribution in [3.05, 3.63) is 35.9 Å². The molecule has 1 aromatic rings. The van der Waals surface area contributed by atoms with E-state index in [0.717, 1.165) is 24.8 Å². The van der Waals surface area contributed by atoms with Crippen molar-refractivity contribution >= 4 is 5.97 Å². The Morgan fingerprint density at radius 3 is 2.78 bits per heavy atom. The average molecular weight is 246 g/mol. The normalized spacial score (nSPS) is 35.1. The summed E-state index contributed by atoms with van der Waals surface area (Å²) in [5.74, 6) is 0.0648. The number of fused-ring (bicyclic) bond motifs is 1. The Kier molecular flexibility index (Phi) is 2.86. The fourth-order valence-electron chi connectivity index (χ4n) is 3.67. The number of rotatable bonds is 2. The second-order valence-corrected chi connectivity index (χ2v) is 5.39. The minimum atomic E-state index is -0.695. The van der Waals surface area contributed by atoms with Gasteiger partial charge in [0.05, 0.1) is 13.2 Å². The van der Waals surface area contributed by atoms with Gasteiger partial charge < -0.3 is 9.84 Å². The molecule has 1 saturated heterocycles. The van der Waals surface area contributed by atoms with Crippen LogP contribution in [-0.2, 0) is 9.53 Å². The van der Waals surface area contributed by atoms with Crippen molar-refractivity contribution in [2.45, 2.75) is 25.2 Å². The van der Waals surface area contributed by atoms with Crippen molar-refractivity contribution in [2.75, 3.05) is 13.2 Å². The number of carbonyl (C=O) groups excluding carboxylic acids is 1. The number of aliphatic hydroxyl groups excluding tert-OH is 1. The molecule has 18 heavy (non-hydrogen) atoms. The Balaban J connectivity index is 2.04. The second kappa shape index (κ2) is 4.39. The molecule has 1 heterocycles. The lowest BCUT2D eigenvalue weighted by Gasteiger charge is -2.41. The molecule has 2 fully saturated rings. The zero-order valence-electron chi connectivity index (χ0n) is 10.3. The summed E-state index contributed by atoms with van der Waals surface area (Å²) in [6, 6.07) is 10.1. The lowest BCUT2D eigenvalue weighted by Crippen LogP contribution is -2.45. The number of cyclic esters (lactones) is 1. The maximum Gasteiger partial charge on any atom is 0.315 e. The zero-order valence-corrected chi connectivity index (χ0v) is 10.3. The molecule has 3 nitrogen and oxygen atoms in total. The molecule has 3 heteroatoms. The number of benzene rings is 1. The average Bonchev–Trinajstić information content (AvgIpc) is 2.77. The molecule has 2 aliphatic rings. The summed E-state index contributed by atoms with van der Waals surface area (Å²) in [4.78, 5) is 12.2. The van der Waals surface area contributed by atoms with E-state index in [1.807, 2.05) is 18.2 Å². The molecule has 1 saturated carbocycles. The first-order valence-electron chi connectivity index (χ1n) is 6.62. The molecule has 96 valence electrons. The van der Waals surface area contributed by atoms with Crippen molar-refractivity contribution in [1.29, 1.82) is 0 Å². The van der Waals surface area contributed by atoms with Crippen LogP contribution in [-0.4, -0.2) is 24.3 Å². The van der Waals surface area contributed by atoms with E-state index in [2.05, 4.69) is 12.1 Å². The Morgan fingerprint density at radius 1 is 1.28 bits per heavy atom. The van der Waals surface area contributed by atoms with E-state index in [4.69, 9.17) is 4.74 Å². The summed E-state index contributed by atoms with van der Waals surface area (Å²) < 4.78 is 5.25. The highest BCUT2D eigenvalue weighted by Crippen LogP contribution is 2.54. The molecular weight excluding hydrogens is 228 g/mol. The smallest absolute Gasteiger partial charge is 0.315 e. The van der Waals surface area contributed by atoms with Gasteiger partial charge in [-0.2, -0.15) is 0 Å².